The molecule has 0 aromatic heterocycles. The number of fused-ring (bicyclic) bond motifs is 1. The van der Waals surface area contributed by atoms with Gasteiger partial charge in [0, 0.05) is 5.56 Å². The fourth-order valence-electron chi connectivity index (χ4n) is 7.85. The number of carbonyl (C=O) groups is 2. The van der Waals surface area contributed by atoms with E-state index in [9.17, 15) is 9.59 Å². The summed E-state index contributed by atoms with van der Waals surface area (Å²) in [6, 6.07) is 19.5. The third kappa shape index (κ3) is 3.67. The monoisotopic (exact) mass is 495 g/mol. The number of ether oxygens (including phenoxy) is 1. The molecule has 4 aliphatic carbocycles. The summed E-state index contributed by atoms with van der Waals surface area (Å²) in [4.78, 5) is 23.8. The van der Waals surface area contributed by atoms with Crippen LogP contribution in [0, 0.1) is 17.8 Å². The molecular weight excluding hydrogens is 466 g/mol. The smallest absolute Gasteiger partial charge is 0.290 e. The minimum Gasteiger partial charge on any atom is -0.496 e. The number of carbonyl (C=O) groups excluding carboxylic acids is 2. The van der Waals surface area contributed by atoms with Gasteiger partial charge in [-0.1, -0.05) is 30.3 Å². The van der Waals surface area contributed by atoms with Crippen molar-refractivity contribution in [1.29, 1.82) is 0 Å². The Morgan fingerprint density at radius 3 is 2.17 bits per heavy atom. The molecule has 0 radical (unpaired) electrons. The number of thioether (sulfide) groups is 1. The van der Waals surface area contributed by atoms with Gasteiger partial charge in [0.05, 0.1) is 12.0 Å². The minimum atomic E-state index is -0.324. The molecular formula is C31H29NO3S. The molecule has 5 aliphatic rings. The van der Waals surface area contributed by atoms with E-state index in [1.807, 2.05) is 13.2 Å². The highest BCUT2D eigenvalue weighted by Gasteiger charge is 2.52. The van der Waals surface area contributed by atoms with Crippen LogP contribution in [0.2, 0.25) is 0 Å². The van der Waals surface area contributed by atoms with Crippen LogP contribution >= 0.6 is 11.8 Å². The number of rotatable bonds is 4. The summed E-state index contributed by atoms with van der Waals surface area (Å²) in [6.07, 6.45) is 10.0. The van der Waals surface area contributed by atoms with Crippen molar-refractivity contribution in [3.05, 3.63) is 70.6 Å². The number of benzene rings is 3. The molecule has 3 aromatic carbocycles. The largest absolute Gasteiger partial charge is 0.496 e. The zero-order valence-electron chi connectivity index (χ0n) is 20.4. The number of methoxy groups -OCH3 is 1. The molecule has 1 saturated heterocycles. The molecule has 0 unspecified atom stereocenters. The second kappa shape index (κ2) is 8.24. The molecule has 2 amide bonds. The number of hydrogen-bond donors (Lipinski definition) is 1. The maximum Gasteiger partial charge on any atom is 0.290 e. The lowest BCUT2D eigenvalue weighted by Gasteiger charge is -2.57. The SMILES string of the molecule is COc1ccc(-c2ccc3cc(/C=C4\SC(=O)NC4=O)ccc3c2)cc1C12CC3CC(CC(C3)C1)C2. The summed E-state index contributed by atoms with van der Waals surface area (Å²) in [7, 11) is 1.81. The highest BCUT2D eigenvalue weighted by atomic mass is 32.2. The van der Waals surface area contributed by atoms with E-state index in [4.69, 9.17) is 4.74 Å². The van der Waals surface area contributed by atoms with Crippen LogP contribution in [0.5, 0.6) is 5.75 Å². The van der Waals surface area contributed by atoms with E-state index in [1.165, 1.54) is 55.2 Å². The molecule has 1 aliphatic heterocycles. The molecule has 4 bridgehead atoms. The van der Waals surface area contributed by atoms with Crippen molar-refractivity contribution >= 4 is 39.8 Å². The number of nitrogens with one attached hydrogen (secondary N) is 1. The predicted molar refractivity (Wildman–Crippen MR) is 145 cm³/mol. The lowest BCUT2D eigenvalue weighted by Crippen LogP contribution is -2.48. The van der Waals surface area contributed by atoms with Gasteiger partial charge in [0.15, 0.2) is 0 Å². The molecule has 1 heterocycles. The molecule has 36 heavy (non-hydrogen) atoms. The van der Waals surface area contributed by atoms with Crippen LogP contribution in [0.4, 0.5) is 4.79 Å². The van der Waals surface area contributed by atoms with Gasteiger partial charge >= 0.3 is 0 Å². The highest BCUT2D eigenvalue weighted by Crippen LogP contribution is 2.62. The Kier molecular flexibility index (Phi) is 5.07. The maximum absolute atomic E-state index is 11.9. The molecule has 182 valence electrons. The van der Waals surface area contributed by atoms with E-state index in [1.54, 1.807) is 6.08 Å². The maximum atomic E-state index is 11.9. The molecule has 0 spiro atoms. The lowest BCUT2D eigenvalue weighted by atomic mass is 9.48. The van der Waals surface area contributed by atoms with Gasteiger partial charge in [-0.3, -0.25) is 14.9 Å². The van der Waals surface area contributed by atoms with Crippen LogP contribution in [0.15, 0.2) is 59.5 Å². The van der Waals surface area contributed by atoms with E-state index in [2.05, 4.69) is 53.8 Å². The minimum absolute atomic E-state index is 0.279. The van der Waals surface area contributed by atoms with Gasteiger partial charge in [-0.25, -0.2) is 0 Å². The third-order valence-electron chi connectivity index (χ3n) is 8.95. The van der Waals surface area contributed by atoms with Gasteiger partial charge in [-0.05, 0) is 131 Å². The zero-order chi connectivity index (χ0) is 24.4. The summed E-state index contributed by atoms with van der Waals surface area (Å²) >= 11 is 0.949. The van der Waals surface area contributed by atoms with Gasteiger partial charge in [0.25, 0.3) is 11.1 Å². The Bertz CT molecular complexity index is 1420. The van der Waals surface area contributed by atoms with Crippen molar-refractivity contribution < 1.29 is 14.3 Å². The third-order valence-corrected chi connectivity index (χ3v) is 9.76. The zero-order valence-corrected chi connectivity index (χ0v) is 21.2. The first kappa shape index (κ1) is 22.2. The molecule has 5 fully saturated rings. The van der Waals surface area contributed by atoms with Crippen LogP contribution in [-0.4, -0.2) is 18.3 Å². The predicted octanol–water partition coefficient (Wildman–Crippen LogP) is 7.31. The van der Waals surface area contributed by atoms with Crippen LogP contribution in [0.3, 0.4) is 0 Å². The van der Waals surface area contributed by atoms with E-state index in [0.29, 0.717) is 4.91 Å². The number of amides is 2. The van der Waals surface area contributed by atoms with Crippen molar-refractivity contribution in [2.24, 2.45) is 17.8 Å². The van der Waals surface area contributed by atoms with Crippen LogP contribution in [0.25, 0.3) is 28.0 Å². The van der Waals surface area contributed by atoms with Crippen LogP contribution < -0.4 is 10.1 Å². The van der Waals surface area contributed by atoms with E-state index < -0.39 is 0 Å². The van der Waals surface area contributed by atoms with Gasteiger partial charge < -0.3 is 4.74 Å². The summed E-state index contributed by atoms with van der Waals surface area (Å²) in [5, 5.41) is 4.26. The Hall–Kier alpha value is -3.05. The first-order valence-electron chi connectivity index (χ1n) is 13.0. The Morgan fingerprint density at radius 2 is 1.50 bits per heavy atom. The standard InChI is InChI=1S/C31H29NO3S/c1-35-27-7-6-25(14-26(27)31-15-19-8-20(16-31)10-21(9-19)17-31)24-5-4-22-11-18(2-3-23(22)13-24)12-28-29(33)32-30(34)36-28/h2-7,11-14,19-21H,8-10,15-17H2,1H3,(H,32,33,34)/b28-12-. The van der Waals surface area contributed by atoms with Crippen molar-refractivity contribution in [1.82, 2.24) is 5.32 Å². The molecule has 8 rings (SSSR count). The summed E-state index contributed by atoms with van der Waals surface area (Å²) in [5.41, 5.74) is 5.06. The van der Waals surface area contributed by atoms with E-state index >= 15 is 0 Å². The highest BCUT2D eigenvalue weighted by molar-refractivity contribution is 8.18. The lowest BCUT2D eigenvalue weighted by molar-refractivity contribution is -0.115. The fraction of sp³-hybridized carbons (Fsp3) is 0.355. The summed E-state index contributed by atoms with van der Waals surface area (Å²) < 4.78 is 5.92. The summed E-state index contributed by atoms with van der Waals surface area (Å²) in [5.74, 6) is 3.39. The van der Waals surface area contributed by atoms with Crippen molar-refractivity contribution in [2.75, 3.05) is 7.11 Å². The summed E-state index contributed by atoms with van der Waals surface area (Å²) in [6.45, 7) is 0. The first-order valence-corrected chi connectivity index (χ1v) is 13.8. The van der Waals surface area contributed by atoms with Crippen LogP contribution in [-0.2, 0) is 10.2 Å². The van der Waals surface area contributed by atoms with Gasteiger partial charge in [-0.2, -0.15) is 0 Å². The first-order chi connectivity index (χ1) is 17.5. The van der Waals surface area contributed by atoms with Crippen molar-refractivity contribution in [3.63, 3.8) is 0 Å². The second-order valence-corrected chi connectivity index (χ2v) is 12.3. The average Bonchev–Trinajstić information content (AvgIpc) is 3.18. The molecule has 3 aromatic rings. The quantitative estimate of drug-likeness (QED) is 0.386. The Balaban J connectivity index is 1.24. The molecule has 4 nitrogen and oxygen atoms in total. The molecule has 1 N–H and O–H groups in total. The second-order valence-electron chi connectivity index (χ2n) is 11.3. The molecule has 0 atom stereocenters. The van der Waals surface area contributed by atoms with E-state index in [0.717, 1.165) is 51.6 Å². The van der Waals surface area contributed by atoms with Gasteiger partial charge in [0.1, 0.15) is 5.75 Å². The van der Waals surface area contributed by atoms with Crippen molar-refractivity contribution in [2.45, 2.75) is 43.9 Å². The normalized spacial score (nSPS) is 29.8. The Labute approximate surface area is 215 Å². The van der Waals surface area contributed by atoms with Crippen LogP contribution in [0.1, 0.15) is 49.7 Å². The number of imide groups is 1. The fourth-order valence-corrected chi connectivity index (χ4v) is 8.53. The molecule has 4 saturated carbocycles. The topological polar surface area (TPSA) is 55.4 Å². The average molecular weight is 496 g/mol. The van der Waals surface area contributed by atoms with E-state index in [-0.39, 0.29) is 16.6 Å². The number of hydrogen-bond acceptors (Lipinski definition) is 4. The van der Waals surface area contributed by atoms with Gasteiger partial charge in [-0.15, -0.1) is 0 Å². The molecule has 5 heteroatoms. The Morgan fingerprint density at radius 1 is 0.861 bits per heavy atom. The van der Waals surface area contributed by atoms with Crippen molar-refractivity contribution in [3.8, 4) is 16.9 Å². The van der Waals surface area contributed by atoms with Gasteiger partial charge in [0.2, 0.25) is 0 Å².